The Kier molecular flexibility index (Phi) is 8.06. The molecule has 0 saturated carbocycles. The summed E-state index contributed by atoms with van der Waals surface area (Å²) < 4.78 is 6.89. The SMILES string of the molecule is CCCCOc1cccc(C(=O)NCCN2CCN(c3nc4c(C)c(Cl)ccc4s3)CC2)c1. The molecule has 1 aliphatic heterocycles. The molecule has 1 fully saturated rings. The van der Waals surface area contributed by atoms with Gasteiger partial charge < -0.3 is 15.0 Å². The van der Waals surface area contributed by atoms with Crippen molar-refractivity contribution in [3.05, 3.63) is 52.5 Å². The molecule has 176 valence electrons. The summed E-state index contributed by atoms with van der Waals surface area (Å²) in [6.45, 7) is 10.0. The Hall–Kier alpha value is -2.35. The Morgan fingerprint density at radius 1 is 1.21 bits per heavy atom. The van der Waals surface area contributed by atoms with Crippen LogP contribution in [-0.2, 0) is 0 Å². The van der Waals surface area contributed by atoms with Crippen molar-refractivity contribution in [3.63, 3.8) is 0 Å². The number of carbonyl (C=O) groups is 1. The summed E-state index contributed by atoms with van der Waals surface area (Å²) in [7, 11) is 0. The van der Waals surface area contributed by atoms with Crippen molar-refractivity contribution in [2.45, 2.75) is 26.7 Å². The van der Waals surface area contributed by atoms with Crippen molar-refractivity contribution in [1.29, 1.82) is 0 Å². The lowest BCUT2D eigenvalue weighted by molar-refractivity contribution is 0.0947. The minimum atomic E-state index is -0.0573. The van der Waals surface area contributed by atoms with Crippen LogP contribution in [0.4, 0.5) is 5.13 Å². The average molecular weight is 487 g/mol. The zero-order valence-electron chi connectivity index (χ0n) is 19.3. The number of unbranched alkanes of at least 4 members (excludes halogenated alkanes) is 1. The number of aromatic nitrogens is 1. The Balaban J connectivity index is 1.23. The zero-order chi connectivity index (χ0) is 23.2. The molecule has 2 heterocycles. The molecule has 1 aromatic heterocycles. The lowest BCUT2D eigenvalue weighted by Gasteiger charge is -2.34. The maximum absolute atomic E-state index is 12.5. The van der Waals surface area contributed by atoms with Gasteiger partial charge >= 0.3 is 0 Å². The molecule has 0 aliphatic carbocycles. The van der Waals surface area contributed by atoms with E-state index in [1.54, 1.807) is 11.3 Å². The van der Waals surface area contributed by atoms with E-state index < -0.39 is 0 Å². The second kappa shape index (κ2) is 11.2. The van der Waals surface area contributed by atoms with E-state index in [1.807, 2.05) is 37.3 Å². The fraction of sp³-hybridized carbons (Fsp3) is 0.440. The van der Waals surface area contributed by atoms with E-state index in [-0.39, 0.29) is 5.91 Å². The highest BCUT2D eigenvalue weighted by Crippen LogP contribution is 2.33. The lowest BCUT2D eigenvalue weighted by Crippen LogP contribution is -2.48. The molecule has 1 N–H and O–H groups in total. The first-order chi connectivity index (χ1) is 16.0. The molecule has 6 nitrogen and oxygen atoms in total. The third kappa shape index (κ3) is 5.96. The number of amides is 1. The number of carbonyl (C=O) groups excluding carboxylic acids is 1. The monoisotopic (exact) mass is 486 g/mol. The lowest BCUT2D eigenvalue weighted by atomic mass is 10.2. The third-order valence-corrected chi connectivity index (χ3v) is 7.45. The summed E-state index contributed by atoms with van der Waals surface area (Å²) in [5, 5.41) is 4.87. The fourth-order valence-electron chi connectivity index (χ4n) is 3.88. The molecule has 0 spiro atoms. The second-order valence-electron chi connectivity index (χ2n) is 8.33. The summed E-state index contributed by atoms with van der Waals surface area (Å²) in [5.41, 5.74) is 2.69. The zero-order valence-corrected chi connectivity index (χ0v) is 20.8. The predicted octanol–water partition coefficient (Wildman–Crippen LogP) is 4.99. The van der Waals surface area contributed by atoms with Crippen molar-refractivity contribution < 1.29 is 9.53 Å². The van der Waals surface area contributed by atoms with Crippen molar-refractivity contribution in [2.24, 2.45) is 0 Å². The second-order valence-corrected chi connectivity index (χ2v) is 9.75. The number of benzene rings is 2. The van der Waals surface area contributed by atoms with Gasteiger partial charge in [-0.15, -0.1) is 0 Å². The van der Waals surface area contributed by atoms with Crippen LogP contribution >= 0.6 is 22.9 Å². The van der Waals surface area contributed by atoms with Crippen molar-refractivity contribution >= 4 is 44.2 Å². The smallest absolute Gasteiger partial charge is 0.251 e. The number of thiazole rings is 1. The predicted molar refractivity (Wildman–Crippen MR) is 137 cm³/mol. The first-order valence-corrected chi connectivity index (χ1v) is 12.8. The molecule has 1 aliphatic rings. The number of nitrogens with zero attached hydrogens (tertiary/aromatic N) is 3. The molecular formula is C25H31ClN4O2S. The maximum Gasteiger partial charge on any atom is 0.251 e. The van der Waals surface area contributed by atoms with E-state index in [2.05, 4.69) is 28.1 Å². The molecule has 0 atom stereocenters. The fourth-order valence-corrected chi connectivity index (χ4v) is 5.11. The van der Waals surface area contributed by atoms with Crippen LogP contribution in [0.15, 0.2) is 36.4 Å². The van der Waals surface area contributed by atoms with E-state index in [4.69, 9.17) is 21.3 Å². The number of aryl methyl sites for hydroxylation is 1. The molecule has 2 aromatic carbocycles. The summed E-state index contributed by atoms with van der Waals surface area (Å²) in [6, 6.07) is 11.4. The van der Waals surface area contributed by atoms with Crippen LogP contribution in [0.3, 0.4) is 0 Å². The van der Waals surface area contributed by atoms with Gasteiger partial charge in [-0.2, -0.15) is 0 Å². The van der Waals surface area contributed by atoms with Gasteiger partial charge in [-0.25, -0.2) is 4.98 Å². The number of piperazine rings is 1. The van der Waals surface area contributed by atoms with Gasteiger partial charge in [0.1, 0.15) is 5.75 Å². The number of ether oxygens (including phenoxy) is 1. The molecule has 0 unspecified atom stereocenters. The normalized spacial score (nSPS) is 14.6. The highest BCUT2D eigenvalue weighted by molar-refractivity contribution is 7.22. The number of hydrogen-bond donors (Lipinski definition) is 1. The molecule has 33 heavy (non-hydrogen) atoms. The molecule has 1 amide bonds. The van der Waals surface area contributed by atoms with Gasteiger partial charge in [0.15, 0.2) is 5.13 Å². The van der Waals surface area contributed by atoms with Gasteiger partial charge in [0.05, 0.1) is 16.8 Å². The van der Waals surface area contributed by atoms with Gasteiger partial charge in [0.2, 0.25) is 0 Å². The van der Waals surface area contributed by atoms with Gasteiger partial charge in [0, 0.05) is 49.9 Å². The minimum Gasteiger partial charge on any atom is -0.494 e. The number of hydrogen-bond acceptors (Lipinski definition) is 6. The number of nitrogens with one attached hydrogen (secondary N) is 1. The molecular weight excluding hydrogens is 456 g/mol. The van der Waals surface area contributed by atoms with Crippen LogP contribution in [0, 0.1) is 6.92 Å². The Morgan fingerprint density at radius 3 is 2.82 bits per heavy atom. The van der Waals surface area contributed by atoms with Crippen LogP contribution in [0.2, 0.25) is 5.02 Å². The van der Waals surface area contributed by atoms with Crippen LogP contribution in [0.25, 0.3) is 10.2 Å². The number of anilines is 1. The van der Waals surface area contributed by atoms with Crippen LogP contribution in [-0.4, -0.2) is 61.7 Å². The molecule has 8 heteroatoms. The maximum atomic E-state index is 12.5. The first kappa shape index (κ1) is 23.8. The highest BCUT2D eigenvalue weighted by Gasteiger charge is 2.20. The van der Waals surface area contributed by atoms with Crippen molar-refractivity contribution in [1.82, 2.24) is 15.2 Å². The summed E-state index contributed by atoms with van der Waals surface area (Å²) in [4.78, 5) is 22.1. The average Bonchev–Trinajstić information content (AvgIpc) is 3.27. The quantitative estimate of drug-likeness (QED) is 0.432. The van der Waals surface area contributed by atoms with E-state index in [9.17, 15) is 4.79 Å². The van der Waals surface area contributed by atoms with E-state index >= 15 is 0 Å². The Labute approximate surface area is 204 Å². The Bertz CT molecular complexity index is 1100. The molecule has 1 saturated heterocycles. The molecule has 0 radical (unpaired) electrons. The van der Waals surface area contributed by atoms with Crippen LogP contribution in [0.5, 0.6) is 5.75 Å². The number of rotatable bonds is 9. The van der Waals surface area contributed by atoms with Gasteiger partial charge in [-0.3, -0.25) is 9.69 Å². The van der Waals surface area contributed by atoms with Gasteiger partial charge in [0.25, 0.3) is 5.91 Å². The molecule has 3 aromatic rings. The summed E-state index contributed by atoms with van der Waals surface area (Å²) >= 11 is 7.98. The van der Waals surface area contributed by atoms with Gasteiger partial charge in [-0.1, -0.05) is 42.3 Å². The standard InChI is InChI=1S/C25H31ClN4O2S/c1-3-4-16-32-20-7-5-6-19(17-20)24(31)27-10-11-29-12-14-30(15-13-29)25-28-23-18(2)21(26)8-9-22(23)33-25/h5-9,17H,3-4,10-16H2,1-2H3,(H,27,31). The Morgan fingerprint density at radius 2 is 2.03 bits per heavy atom. The third-order valence-electron chi connectivity index (χ3n) is 5.96. The summed E-state index contributed by atoms with van der Waals surface area (Å²) in [5.74, 6) is 0.692. The largest absolute Gasteiger partial charge is 0.494 e. The summed E-state index contributed by atoms with van der Waals surface area (Å²) in [6.07, 6.45) is 2.10. The number of halogens is 1. The minimum absolute atomic E-state index is 0.0573. The van der Waals surface area contributed by atoms with E-state index in [1.165, 1.54) is 4.70 Å². The van der Waals surface area contributed by atoms with E-state index in [0.29, 0.717) is 18.7 Å². The van der Waals surface area contributed by atoms with Crippen LogP contribution in [0.1, 0.15) is 35.7 Å². The molecule has 0 bridgehead atoms. The first-order valence-electron chi connectivity index (χ1n) is 11.6. The van der Waals surface area contributed by atoms with Crippen molar-refractivity contribution in [3.8, 4) is 5.75 Å². The van der Waals surface area contributed by atoms with E-state index in [0.717, 1.165) is 72.5 Å². The van der Waals surface area contributed by atoms with Crippen molar-refractivity contribution in [2.75, 3.05) is 50.8 Å². The number of fused-ring (bicyclic) bond motifs is 1. The molecule has 4 rings (SSSR count). The topological polar surface area (TPSA) is 57.7 Å². The van der Waals surface area contributed by atoms with Gasteiger partial charge in [-0.05, 0) is 49.2 Å². The highest BCUT2D eigenvalue weighted by atomic mass is 35.5. The van der Waals surface area contributed by atoms with Crippen LogP contribution < -0.4 is 15.0 Å².